The summed E-state index contributed by atoms with van der Waals surface area (Å²) in [5.41, 5.74) is 1.79. The number of benzene rings is 1. The lowest BCUT2D eigenvalue weighted by molar-refractivity contribution is 0.105. The van der Waals surface area contributed by atoms with Crippen molar-refractivity contribution in [3.05, 3.63) is 81.3 Å². The molecule has 3 aromatic heterocycles. The third-order valence-corrected chi connectivity index (χ3v) is 7.55. The summed E-state index contributed by atoms with van der Waals surface area (Å²) in [6, 6.07) is 8.98. The summed E-state index contributed by atoms with van der Waals surface area (Å²) >= 11 is 10.0. The molecule has 0 saturated heterocycles. The average Bonchev–Trinajstić information content (AvgIpc) is 3.44. The van der Waals surface area contributed by atoms with Crippen LogP contribution in [0, 0.1) is 6.92 Å². The van der Waals surface area contributed by atoms with Crippen molar-refractivity contribution in [1.82, 2.24) is 14.2 Å². The summed E-state index contributed by atoms with van der Waals surface area (Å²) in [5.74, 6) is 0.218. The average molecular weight is 490 g/mol. The second kappa shape index (κ2) is 9.27. The predicted octanol–water partition coefficient (Wildman–Crippen LogP) is 3.33. The van der Waals surface area contributed by atoms with E-state index < -0.39 is 0 Å². The van der Waals surface area contributed by atoms with Crippen molar-refractivity contribution in [1.29, 1.82) is 0 Å². The molecule has 1 aromatic carbocycles. The van der Waals surface area contributed by atoms with Crippen molar-refractivity contribution in [3.63, 3.8) is 0 Å². The Bertz CT molecular complexity index is 1430. The number of aromatic nitrogens is 3. The van der Waals surface area contributed by atoms with Crippen molar-refractivity contribution in [2.45, 2.75) is 13.5 Å². The van der Waals surface area contributed by atoms with Crippen LogP contribution in [-0.4, -0.2) is 27.0 Å². The summed E-state index contributed by atoms with van der Waals surface area (Å²) in [7, 11) is 1.51. The number of ether oxygens (including phenoxy) is 1. The smallest absolute Gasteiger partial charge is 0.269 e. The summed E-state index contributed by atoms with van der Waals surface area (Å²) in [6.45, 7) is 2.13. The van der Waals surface area contributed by atoms with Gasteiger partial charge >= 0.3 is 0 Å². The lowest BCUT2D eigenvalue weighted by atomic mass is 10.1. The molecule has 0 aliphatic rings. The van der Waals surface area contributed by atoms with Crippen molar-refractivity contribution >= 4 is 63.7 Å². The zero-order valence-electron chi connectivity index (χ0n) is 16.5. The fraction of sp³-hybridized carbons (Fsp3) is 0.143. The van der Waals surface area contributed by atoms with E-state index in [0.717, 1.165) is 22.0 Å². The minimum absolute atomic E-state index is 0.132. The minimum atomic E-state index is -0.256. The zero-order chi connectivity index (χ0) is 22.0. The Labute approximate surface area is 194 Å². The first-order chi connectivity index (χ1) is 15.0. The first kappa shape index (κ1) is 21.6. The van der Waals surface area contributed by atoms with Gasteiger partial charge in [0.15, 0.2) is 5.78 Å². The largest absolute Gasteiger partial charge is 0.496 e. The first-order valence-corrected chi connectivity index (χ1v) is 11.9. The molecular formula is C21H16ClN3O3S3. The highest BCUT2D eigenvalue weighted by Crippen LogP contribution is 2.19. The molecule has 0 spiro atoms. The second-order valence-electron chi connectivity index (χ2n) is 6.51. The SMILES string of the molecule is COc1ccccc1C(=O)C=c1sc(=Cc2sccc2C)c(=O)n1Cc1nnsc1Cl. The molecule has 0 radical (unpaired) electrons. The van der Waals surface area contributed by atoms with Gasteiger partial charge in [-0.05, 0) is 42.1 Å². The zero-order valence-corrected chi connectivity index (χ0v) is 19.7. The monoisotopic (exact) mass is 489 g/mol. The number of hydrogen-bond donors (Lipinski definition) is 0. The van der Waals surface area contributed by atoms with Crippen LogP contribution in [0.3, 0.4) is 0 Å². The van der Waals surface area contributed by atoms with Crippen molar-refractivity contribution in [2.75, 3.05) is 7.11 Å². The molecule has 0 aliphatic carbocycles. The van der Waals surface area contributed by atoms with Crippen molar-refractivity contribution < 1.29 is 9.53 Å². The van der Waals surface area contributed by atoms with E-state index in [1.807, 2.05) is 24.4 Å². The van der Waals surface area contributed by atoms with Gasteiger partial charge in [-0.1, -0.05) is 28.2 Å². The highest BCUT2D eigenvalue weighted by Gasteiger charge is 2.14. The number of ketones is 1. The number of para-hydroxylation sites is 1. The van der Waals surface area contributed by atoms with Gasteiger partial charge < -0.3 is 4.74 Å². The number of aryl methyl sites for hydroxylation is 1. The third-order valence-electron chi connectivity index (χ3n) is 4.54. The van der Waals surface area contributed by atoms with Gasteiger partial charge in [0.25, 0.3) is 5.56 Å². The molecule has 4 rings (SSSR count). The number of carbonyl (C=O) groups is 1. The Balaban J connectivity index is 1.89. The Morgan fingerprint density at radius 1 is 1.29 bits per heavy atom. The quantitative estimate of drug-likeness (QED) is 0.388. The number of rotatable bonds is 6. The molecule has 0 bridgehead atoms. The van der Waals surface area contributed by atoms with E-state index in [1.54, 1.807) is 35.6 Å². The number of halogens is 1. The Morgan fingerprint density at radius 3 is 2.77 bits per heavy atom. The lowest BCUT2D eigenvalue weighted by Crippen LogP contribution is -2.32. The van der Waals surface area contributed by atoms with E-state index in [0.29, 0.717) is 30.5 Å². The van der Waals surface area contributed by atoms with E-state index in [4.69, 9.17) is 16.3 Å². The summed E-state index contributed by atoms with van der Waals surface area (Å²) in [6.07, 6.45) is 3.31. The second-order valence-corrected chi connectivity index (χ2v) is 9.88. The minimum Gasteiger partial charge on any atom is -0.496 e. The number of Topliss-reactive ketones (excluding diaryl/α,β-unsaturated/α-hetero) is 1. The van der Waals surface area contributed by atoms with E-state index in [1.165, 1.54) is 29.1 Å². The third kappa shape index (κ3) is 4.54. The van der Waals surface area contributed by atoms with Crippen molar-refractivity contribution in [2.24, 2.45) is 0 Å². The van der Waals surface area contributed by atoms with E-state index in [-0.39, 0.29) is 17.9 Å². The molecule has 158 valence electrons. The number of thiophene rings is 1. The number of methoxy groups -OCH3 is 1. The molecule has 10 heteroatoms. The van der Waals surface area contributed by atoms with E-state index in [9.17, 15) is 9.59 Å². The number of nitrogens with zero attached hydrogens (tertiary/aromatic N) is 3. The maximum absolute atomic E-state index is 13.2. The molecule has 0 fully saturated rings. The Kier molecular flexibility index (Phi) is 6.47. The van der Waals surface area contributed by atoms with Crippen LogP contribution in [0.1, 0.15) is 26.5 Å². The maximum atomic E-state index is 13.2. The fourth-order valence-corrected chi connectivity index (χ4v) is 5.49. The number of carbonyl (C=O) groups excluding carboxylic acids is 1. The van der Waals surface area contributed by atoms with Crippen LogP contribution in [0.15, 0.2) is 40.5 Å². The Hall–Kier alpha value is -2.59. The molecule has 0 aliphatic heterocycles. The van der Waals surface area contributed by atoms with Gasteiger partial charge in [-0.3, -0.25) is 14.2 Å². The molecule has 0 saturated carbocycles. The molecule has 0 unspecified atom stereocenters. The van der Waals surface area contributed by atoms with Gasteiger partial charge in [0.2, 0.25) is 0 Å². The molecule has 6 nitrogen and oxygen atoms in total. The van der Waals surface area contributed by atoms with Gasteiger partial charge in [0.05, 0.1) is 23.8 Å². The van der Waals surface area contributed by atoms with Gasteiger partial charge in [-0.2, -0.15) is 0 Å². The Morgan fingerprint density at radius 2 is 2.10 bits per heavy atom. The molecule has 3 heterocycles. The lowest BCUT2D eigenvalue weighted by Gasteiger charge is -2.04. The molecule has 31 heavy (non-hydrogen) atoms. The highest BCUT2D eigenvalue weighted by atomic mass is 35.5. The van der Waals surface area contributed by atoms with Gasteiger partial charge in [-0.15, -0.1) is 27.8 Å². The summed E-state index contributed by atoms with van der Waals surface area (Å²) in [5, 5.41) is 5.99. The summed E-state index contributed by atoms with van der Waals surface area (Å²) < 4.78 is 12.1. The maximum Gasteiger partial charge on any atom is 0.269 e. The number of thiazole rings is 1. The standard InChI is InChI=1S/C21H16ClN3O3S3/c1-12-7-8-29-17(12)10-18-21(27)25(11-14-20(22)31-24-23-14)19(30-18)9-15(26)13-5-3-4-6-16(13)28-2/h3-10H,11H2,1-2H3. The van der Waals surface area contributed by atoms with Gasteiger partial charge in [-0.25, -0.2) is 0 Å². The van der Waals surface area contributed by atoms with Crippen LogP contribution in [0.25, 0.3) is 12.2 Å². The van der Waals surface area contributed by atoms with Crippen LogP contribution >= 0.6 is 45.8 Å². The molecule has 0 atom stereocenters. The van der Waals surface area contributed by atoms with Gasteiger partial charge in [0.1, 0.15) is 20.4 Å². The fourth-order valence-electron chi connectivity index (χ4n) is 2.92. The molecule has 0 amide bonds. The van der Waals surface area contributed by atoms with Crippen LogP contribution in [0.2, 0.25) is 4.34 Å². The van der Waals surface area contributed by atoms with Crippen LogP contribution in [-0.2, 0) is 6.54 Å². The normalized spacial score (nSPS) is 12.5. The highest BCUT2D eigenvalue weighted by molar-refractivity contribution is 7.11. The van der Waals surface area contributed by atoms with Gasteiger partial charge in [0, 0.05) is 22.5 Å². The van der Waals surface area contributed by atoms with Crippen molar-refractivity contribution in [3.8, 4) is 5.75 Å². The predicted molar refractivity (Wildman–Crippen MR) is 126 cm³/mol. The van der Waals surface area contributed by atoms with Crippen LogP contribution in [0.5, 0.6) is 5.75 Å². The van der Waals surface area contributed by atoms with Crippen LogP contribution < -0.4 is 19.5 Å². The number of hydrogen-bond acceptors (Lipinski definition) is 8. The topological polar surface area (TPSA) is 74.1 Å². The molecule has 0 N–H and O–H groups in total. The molecule has 4 aromatic rings. The summed E-state index contributed by atoms with van der Waals surface area (Å²) in [4.78, 5) is 27.2. The molecular weight excluding hydrogens is 474 g/mol. The first-order valence-electron chi connectivity index (χ1n) is 9.09. The van der Waals surface area contributed by atoms with E-state index in [2.05, 4.69) is 9.59 Å². The van der Waals surface area contributed by atoms with E-state index >= 15 is 0 Å². The van der Waals surface area contributed by atoms with Crippen LogP contribution in [0.4, 0.5) is 0 Å².